The molecule has 1 aromatic rings. The van der Waals surface area contributed by atoms with E-state index in [9.17, 15) is 4.21 Å². The molecule has 0 bridgehead atoms. The first-order chi connectivity index (χ1) is 7.26. The highest BCUT2D eigenvalue weighted by molar-refractivity contribution is 7.84. The average molecular weight is 228 g/mol. The molecule has 0 aliphatic heterocycles. The van der Waals surface area contributed by atoms with E-state index in [2.05, 4.69) is 4.98 Å². The van der Waals surface area contributed by atoms with Gasteiger partial charge >= 0.3 is 0 Å². The van der Waals surface area contributed by atoms with Crippen molar-refractivity contribution in [3.63, 3.8) is 0 Å². The number of nitrogens with zero attached hydrogens (tertiary/aromatic N) is 1. The van der Waals surface area contributed by atoms with Gasteiger partial charge in [-0.25, -0.2) is 4.98 Å². The third-order valence-corrected chi connectivity index (χ3v) is 3.24. The van der Waals surface area contributed by atoms with Crippen LogP contribution in [0.1, 0.15) is 12.1 Å². The van der Waals surface area contributed by atoms with Gasteiger partial charge < -0.3 is 10.5 Å². The third-order valence-electron chi connectivity index (χ3n) is 1.88. The van der Waals surface area contributed by atoms with Gasteiger partial charge in [0.15, 0.2) is 0 Å². The zero-order chi connectivity index (χ0) is 11.1. The molecule has 0 aromatic carbocycles. The number of hydrogen-bond acceptors (Lipinski definition) is 4. The van der Waals surface area contributed by atoms with Crippen LogP contribution in [0.5, 0.6) is 5.88 Å². The molecule has 84 valence electrons. The van der Waals surface area contributed by atoms with E-state index in [1.165, 1.54) is 0 Å². The van der Waals surface area contributed by atoms with Gasteiger partial charge in [0.1, 0.15) is 0 Å². The highest BCUT2D eigenvalue weighted by atomic mass is 32.2. The van der Waals surface area contributed by atoms with E-state index in [0.29, 0.717) is 23.9 Å². The van der Waals surface area contributed by atoms with Crippen LogP contribution in [0.2, 0.25) is 0 Å². The second-order valence-corrected chi connectivity index (χ2v) is 4.68. The highest BCUT2D eigenvalue weighted by Crippen LogP contribution is 2.08. The summed E-state index contributed by atoms with van der Waals surface area (Å²) in [6.45, 7) is 0.581. The first-order valence-electron chi connectivity index (χ1n) is 4.81. The largest absolute Gasteiger partial charge is 0.481 e. The van der Waals surface area contributed by atoms with Crippen molar-refractivity contribution in [1.82, 2.24) is 4.98 Å². The Bertz CT molecular complexity index is 331. The lowest BCUT2D eigenvalue weighted by atomic mass is 10.4. The van der Waals surface area contributed by atoms with E-state index in [0.717, 1.165) is 12.1 Å². The lowest BCUT2D eigenvalue weighted by Gasteiger charge is -2.03. The summed E-state index contributed by atoms with van der Waals surface area (Å²) in [5, 5.41) is 0. The Balaban J connectivity index is 2.52. The molecule has 0 radical (unpaired) electrons. The number of ether oxygens (including phenoxy) is 1. The van der Waals surface area contributed by atoms with Crippen LogP contribution in [0.3, 0.4) is 0 Å². The minimum absolute atomic E-state index is 0.469. The fourth-order valence-electron chi connectivity index (χ4n) is 1.13. The van der Waals surface area contributed by atoms with Crippen molar-refractivity contribution in [2.45, 2.75) is 12.2 Å². The Morgan fingerprint density at radius 2 is 2.33 bits per heavy atom. The maximum atomic E-state index is 11.5. The summed E-state index contributed by atoms with van der Waals surface area (Å²) >= 11 is 0. The minimum atomic E-state index is -0.879. The van der Waals surface area contributed by atoms with Crippen LogP contribution in [-0.2, 0) is 16.6 Å². The van der Waals surface area contributed by atoms with Crippen LogP contribution < -0.4 is 10.5 Å². The molecule has 1 unspecified atom stereocenters. The zero-order valence-corrected chi connectivity index (χ0v) is 9.63. The van der Waals surface area contributed by atoms with Gasteiger partial charge in [-0.2, -0.15) is 0 Å². The Labute approximate surface area is 92.3 Å². The van der Waals surface area contributed by atoms with E-state index >= 15 is 0 Å². The smallest absolute Gasteiger partial charge is 0.213 e. The van der Waals surface area contributed by atoms with Crippen molar-refractivity contribution in [2.75, 3.05) is 19.4 Å². The summed E-state index contributed by atoms with van der Waals surface area (Å²) in [6, 6.07) is 5.47. The van der Waals surface area contributed by atoms with Gasteiger partial charge in [0.2, 0.25) is 5.88 Å². The Hall–Kier alpha value is -0.940. The Morgan fingerprint density at radius 3 is 3.00 bits per heavy atom. The molecule has 0 fully saturated rings. The molecule has 1 heterocycles. The van der Waals surface area contributed by atoms with E-state index in [4.69, 9.17) is 10.5 Å². The lowest BCUT2D eigenvalue weighted by molar-refractivity contribution is 0.397. The van der Waals surface area contributed by atoms with Gasteiger partial charge in [0.25, 0.3) is 0 Å². The van der Waals surface area contributed by atoms with Gasteiger partial charge in [0.05, 0.1) is 18.6 Å². The van der Waals surface area contributed by atoms with E-state index < -0.39 is 10.8 Å². The highest BCUT2D eigenvalue weighted by Gasteiger charge is 2.03. The van der Waals surface area contributed by atoms with E-state index in [-0.39, 0.29) is 0 Å². The molecular formula is C10H16N2O2S. The number of pyridine rings is 1. The number of nitrogens with two attached hydrogens (primary N) is 1. The van der Waals surface area contributed by atoms with Crippen molar-refractivity contribution in [1.29, 1.82) is 0 Å². The molecule has 2 N–H and O–H groups in total. The number of rotatable bonds is 6. The molecule has 0 amide bonds. The van der Waals surface area contributed by atoms with Crippen molar-refractivity contribution < 1.29 is 8.95 Å². The minimum Gasteiger partial charge on any atom is -0.481 e. The zero-order valence-electron chi connectivity index (χ0n) is 8.81. The van der Waals surface area contributed by atoms with Crippen molar-refractivity contribution >= 4 is 10.8 Å². The molecule has 0 saturated carbocycles. The molecule has 0 spiro atoms. The van der Waals surface area contributed by atoms with E-state index in [1.54, 1.807) is 13.2 Å². The third kappa shape index (κ3) is 4.40. The second kappa shape index (κ2) is 6.53. The monoisotopic (exact) mass is 228 g/mol. The van der Waals surface area contributed by atoms with Crippen LogP contribution >= 0.6 is 0 Å². The van der Waals surface area contributed by atoms with Gasteiger partial charge in [-0.05, 0) is 19.0 Å². The quantitative estimate of drug-likeness (QED) is 0.778. The summed E-state index contributed by atoms with van der Waals surface area (Å²) in [7, 11) is 0.688. The molecule has 1 rings (SSSR count). The van der Waals surface area contributed by atoms with Crippen LogP contribution in [-0.4, -0.2) is 28.6 Å². The molecule has 1 aromatic heterocycles. The molecule has 5 heteroatoms. The normalized spacial score (nSPS) is 12.4. The lowest BCUT2D eigenvalue weighted by Crippen LogP contribution is -2.08. The predicted molar refractivity (Wildman–Crippen MR) is 61.2 cm³/mol. The van der Waals surface area contributed by atoms with Gasteiger partial charge in [-0.1, -0.05) is 6.07 Å². The van der Waals surface area contributed by atoms with Gasteiger partial charge in [-0.3, -0.25) is 4.21 Å². The maximum absolute atomic E-state index is 11.5. The van der Waals surface area contributed by atoms with Crippen LogP contribution in [0.4, 0.5) is 0 Å². The molecule has 15 heavy (non-hydrogen) atoms. The summed E-state index contributed by atoms with van der Waals surface area (Å²) < 4.78 is 16.5. The first kappa shape index (κ1) is 12.1. The van der Waals surface area contributed by atoms with E-state index in [1.807, 2.05) is 12.1 Å². The molecule has 0 aliphatic rings. The molecule has 0 aliphatic carbocycles. The van der Waals surface area contributed by atoms with Crippen molar-refractivity contribution in [2.24, 2.45) is 5.73 Å². The standard InChI is InChI=1S/C10H16N2O2S/c1-14-10-5-2-4-9(12-10)8-15(13)7-3-6-11/h2,4-5H,3,6-8,11H2,1H3. The topological polar surface area (TPSA) is 65.2 Å². The first-order valence-corrected chi connectivity index (χ1v) is 6.30. The fraction of sp³-hybridized carbons (Fsp3) is 0.500. The second-order valence-electron chi connectivity index (χ2n) is 3.10. The summed E-state index contributed by atoms with van der Waals surface area (Å²) in [6.07, 6.45) is 0.788. The summed E-state index contributed by atoms with van der Waals surface area (Å²) in [4.78, 5) is 4.19. The maximum Gasteiger partial charge on any atom is 0.213 e. The summed E-state index contributed by atoms with van der Waals surface area (Å²) in [5.41, 5.74) is 6.14. The van der Waals surface area contributed by atoms with Crippen LogP contribution in [0.15, 0.2) is 18.2 Å². The van der Waals surface area contributed by atoms with Crippen LogP contribution in [0, 0.1) is 0 Å². The van der Waals surface area contributed by atoms with Crippen LogP contribution in [0.25, 0.3) is 0 Å². The molecule has 1 atom stereocenters. The fourth-order valence-corrected chi connectivity index (χ4v) is 2.26. The summed E-state index contributed by atoms with van der Waals surface area (Å²) in [5.74, 6) is 1.66. The number of methoxy groups -OCH3 is 1. The Morgan fingerprint density at radius 1 is 1.53 bits per heavy atom. The molecule has 4 nitrogen and oxygen atoms in total. The number of aromatic nitrogens is 1. The predicted octanol–water partition coefficient (Wildman–Crippen LogP) is 0.688. The average Bonchev–Trinajstić information content (AvgIpc) is 2.26. The number of hydrogen-bond donors (Lipinski definition) is 1. The van der Waals surface area contributed by atoms with Gasteiger partial charge in [0, 0.05) is 22.6 Å². The van der Waals surface area contributed by atoms with Gasteiger partial charge in [-0.15, -0.1) is 0 Å². The SMILES string of the molecule is COc1cccc(CS(=O)CCCN)n1. The molecular weight excluding hydrogens is 212 g/mol. The van der Waals surface area contributed by atoms with Crippen molar-refractivity contribution in [3.05, 3.63) is 23.9 Å². The Kier molecular flexibility index (Phi) is 5.28. The van der Waals surface area contributed by atoms with Crippen molar-refractivity contribution in [3.8, 4) is 5.88 Å². The molecule has 0 saturated heterocycles.